The number of hydrogen-bond donors (Lipinski definition) is 1. The Kier molecular flexibility index (Phi) is 3.78. The van der Waals surface area contributed by atoms with E-state index in [9.17, 15) is 4.79 Å². The lowest BCUT2D eigenvalue weighted by atomic mass is 10.1. The van der Waals surface area contributed by atoms with Crippen LogP contribution in [0.25, 0.3) is 10.9 Å². The zero-order chi connectivity index (χ0) is 15.5. The van der Waals surface area contributed by atoms with Crippen molar-refractivity contribution >= 4 is 16.6 Å². The SMILES string of the molecule is COc1ccccc1CCn1cnc2cccc(N)c2c1=O. The highest BCUT2D eigenvalue weighted by atomic mass is 16.5. The maximum absolute atomic E-state index is 12.5. The molecule has 0 atom stereocenters. The minimum atomic E-state index is -0.113. The van der Waals surface area contributed by atoms with Crippen molar-refractivity contribution in [3.05, 3.63) is 64.7 Å². The van der Waals surface area contributed by atoms with Gasteiger partial charge in [-0.15, -0.1) is 0 Å². The summed E-state index contributed by atoms with van der Waals surface area (Å²) >= 11 is 0. The van der Waals surface area contributed by atoms with Gasteiger partial charge in [-0.05, 0) is 30.2 Å². The number of aryl methyl sites for hydroxylation is 2. The molecule has 22 heavy (non-hydrogen) atoms. The Labute approximate surface area is 128 Å². The van der Waals surface area contributed by atoms with E-state index in [2.05, 4.69) is 4.98 Å². The van der Waals surface area contributed by atoms with E-state index < -0.39 is 0 Å². The Morgan fingerprint density at radius 2 is 2.00 bits per heavy atom. The van der Waals surface area contributed by atoms with Gasteiger partial charge in [0.05, 0.1) is 24.3 Å². The smallest absolute Gasteiger partial charge is 0.263 e. The molecule has 0 aliphatic carbocycles. The van der Waals surface area contributed by atoms with Crippen molar-refractivity contribution in [1.29, 1.82) is 0 Å². The number of anilines is 1. The molecule has 0 saturated carbocycles. The Balaban J connectivity index is 1.93. The van der Waals surface area contributed by atoms with Crippen molar-refractivity contribution in [2.24, 2.45) is 0 Å². The van der Waals surface area contributed by atoms with Gasteiger partial charge >= 0.3 is 0 Å². The van der Waals surface area contributed by atoms with Crippen LogP contribution in [0.1, 0.15) is 5.56 Å². The van der Waals surface area contributed by atoms with Gasteiger partial charge in [-0.2, -0.15) is 0 Å². The number of methoxy groups -OCH3 is 1. The summed E-state index contributed by atoms with van der Waals surface area (Å²) in [6.07, 6.45) is 2.25. The van der Waals surface area contributed by atoms with E-state index in [1.165, 1.54) is 0 Å². The second-order valence-electron chi connectivity index (χ2n) is 5.05. The van der Waals surface area contributed by atoms with Gasteiger partial charge in [0.2, 0.25) is 0 Å². The fourth-order valence-corrected chi connectivity index (χ4v) is 2.54. The molecule has 0 spiro atoms. The van der Waals surface area contributed by atoms with Crippen LogP contribution >= 0.6 is 0 Å². The monoisotopic (exact) mass is 295 g/mol. The Hall–Kier alpha value is -2.82. The average molecular weight is 295 g/mol. The summed E-state index contributed by atoms with van der Waals surface area (Å²) in [5.41, 5.74) is 7.93. The standard InChI is InChI=1S/C17H17N3O2/c1-22-15-8-3-2-5-12(15)9-10-20-11-19-14-7-4-6-13(18)16(14)17(20)21/h2-8,11H,9-10,18H2,1H3. The number of para-hydroxylation sites is 1. The number of nitrogens with two attached hydrogens (primary N) is 1. The largest absolute Gasteiger partial charge is 0.496 e. The second-order valence-corrected chi connectivity index (χ2v) is 5.05. The molecule has 1 heterocycles. The van der Waals surface area contributed by atoms with E-state index in [1.807, 2.05) is 24.3 Å². The number of aromatic nitrogens is 2. The number of fused-ring (bicyclic) bond motifs is 1. The molecule has 2 N–H and O–H groups in total. The van der Waals surface area contributed by atoms with Gasteiger partial charge in [-0.25, -0.2) is 4.98 Å². The predicted octanol–water partition coefficient (Wildman–Crippen LogP) is 2.23. The highest BCUT2D eigenvalue weighted by molar-refractivity contribution is 5.89. The van der Waals surface area contributed by atoms with Crippen LogP contribution in [-0.4, -0.2) is 16.7 Å². The van der Waals surface area contributed by atoms with Crippen LogP contribution in [-0.2, 0) is 13.0 Å². The first-order valence-corrected chi connectivity index (χ1v) is 7.06. The van der Waals surface area contributed by atoms with Crippen LogP contribution in [0.3, 0.4) is 0 Å². The minimum Gasteiger partial charge on any atom is -0.496 e. The third-order valence-electron chi connectivity index (χ3n) is 3.70. The predicted molar refractivity (Wildman–Crippen MR) is 87.1 cm³/mol. The molecular formula is C17H17N3O2. The van der Waals surface area contributed by atoms with E-state index in [0.717, 1.165) is 11.3 Å². The topological polar surface area (TPSA) is 70.1 Å². The van der Waals surface area contributed by atoms with Crippen molar-refractivity contribution in [1.82, 2.24) is 9.55 Å². The molecule has 0 unspecified atom stereocenters. The highest BCUT2D eigenvalue weighted by Crippen LogP contribution is 2.18. The van der Waals surface area contributed by atoms with Crippen LogP contribution < -0.4 is 16.0 Å². The number of hydrogen-bond acceptors (Lipinski definition) is 4. The summed E-state index contributed by atoms with van der Waals surface area (Å²) in [5, 5.41) is 0.477. The van der Waals surface area contributed by atoms with Gasteiger partial charge in [0, 0.05) is 12.2 Å². The van der Waals surface area contributed by atoms with Gasteiger partial charge < -0.3 is 10.5 Å². The van der Waals surface area contributed by atoms with E-state index in [1.54, 1.807) is 36.2 Å². The summed E-state index contributed by atoms with van der Waals surface area (Å²) in [7, 11) is 1.64. The highest BCUT2D eigenvalue weighted by Gasteiger charge is 2.08. The molecule has 3 rings (SSSR count). The molecule has 0 aliphatic heterocycles. The molecule has 0 amide bonds. The first kappa shape index (κ1) is 14.1. The number of nitrogens with zero attached hydrogens (tertiary/aromatic N) is 2. The second kappa shape index (κ2) is 5.89. The summed E-state index contributed by atoms with van der Waals surface area (Å²) in [4.78, 5) is 16.8. The number of ether oxygens (including phenoxy) is 1. The lowest BCUT2D eigenvalue weighted by Gasteiger charge is -2.10. The molecular weight excluding hydrogens is 278 g/mol. The lowest BCUT2D eigenvalue weighted by molar-refractivity contribution is 0.408. The Morgan fingerprint density at radius 1 is 1.18 bits per heavy atom. The number of nitrogen functional groups attached to an aromatic ring is 1. The van der Waals surface area contributed by atoms with Crippen LogP contribution in [0.4, 0.5) is 5.69 Å². The number of benzene rings is 2. The number of rotatable bonds is 4. The molecule has 0 saturated heterocycles. The molecule has 0 aliphatic rings. The normalized spacial score (nSPS) is 10.8. The van der Waals surface area contributed by atoms with Gasteiger partial charge in [0.1, 0.15) is 5.75 Å². The van der Waals surface area contributed by atoms with Crippen molar-refractivity contribution < 1.29 is 4.74 Å². The molecule has 0 bridgehead atoms. The van der Waals surface area contributed by atoms with Crippen LogP contribution in [0.2, 0.25) is 0 Å². The zero-order valence-corrected chi connectivity index (χ0v) is 12.3. The average Bonchev–Trinajstić information content (AvgIpc) is 2.54. The van der Waals surface area contributed by atoms with E-state index in [-0.39, 0.29) is 5.56 Å². The zero-order valence-electron chi connectivity index (χ0n) is 12.3. The minimum absolute atomic E-state index is 0.113. The maximum Gasteiger partial charge on any atom is 0.263 e. The molecule has 3 aromatic rings. The first-order chi connectivity index (χ1) is 10.7. The summed E-state index contributed by atoms with van der Waals surface area (Å²) in [6.45, 7) is 0.524. The van der Waals surface area contributed by atoms with Crippen molar-refractivity contribution in [2.45, 2.75) is 13.0 Å². The van der Waals surface area contributed by atoms with Gasteiger partial charge in [0.15, 0.2) is 0 Å². The van der Waals surface area contributed by atoms with Gasteiger partial charge in [0.25, 0.3) is 5.56 Å². The van der Waals surface area contributed by atoms with Crippen molar-refractivity contribution in [3.63, 3.8) is 0 Å². The Bertz CT molecular complexity index is 871. The third kappa shape index (κ3) is 2.53. The molecule has 0 fully saturated rings. The fourth-order valence-electron chi connectivity index (χ4n) is 2.54. The van der Waals surface area contributed by atoms with E-state index >= 15 is 0 Å². The molecule has 112 valence electrons. The van der Waals surface area contributed by atoms with Crippen LogP contribution in [0, 0.1) is 0 Å². The molecule has 5 heteroatoms. The van der Waals surface area contributed by atoms with Crippen LogP contribution in [0.5, 0.6) is 5.75 Å². The molecule has 2 aromatic carbocycles. The van der Waals surface area contributed by atoms with Crippen molar-refractivity contribution in [3.8, 4) is 5.75 Å². The summed E-state index contributed by atoms with van der Waals surface area (Å²) in [6, 6.07) is 13.1. The summed E-state index contributed by atoms with van der Waals surface area (Å²) < 4.78 is 6.92. The van der Waals surface area contributed by atoms with E-state index in [4.69, 9.17) is 10.5 Å². The Morgan fingerprint density at radius 3 is 2.82 bits per heavy atom. The lowest BCUT2D eigenvalue weighted by Crippen LogP contribution is -2.22. The van der Waals surface area contributed by atoms with Crippen LogP contribution in [0.15, 0.2) is 53.6 Å². The molecule has 5 nitrogen and oxygen atoms in total. The molecule has 1 aromatic heterocycles. The van der Waals surface area contributed by atoms with E-state index in [0.29, 0.717) is 29.6 Å². The third-order valence-corrected chi connectivity index (χ3v) is 3.70. The summed E-state index contributed by atoms with van der Waals surface area (Å²) in [5.74, 6) is 0.823. The molecule has 0 radical (unpaired) electrons. The first-order valence-electron chi connectivity index (χ1n) is 7.06. The quantitative estimate of drug-likeness (QED) is 0.749. The van der Waals surface area contributed by atoms with Gasteiger partial charge in [-0.3, -0.25) is 9.36 Å². The van der Waals surface area contributed by atoms with Crippen molar-refractivity contribution in [2.75, 3.05) is 12.8 Å². The maximum atomic E-state index is 12.5. The van der Waals surface area contributed by atoms with Gasteiger partial charge in [-0.1, -0.05) is 24.3 Å². The fraction of sp³-hybridized carbons (Fsp3) is 0.176.